The van der Waals surface area contributed by atoms with Crippen LogP contribution in [0.5, 0.6) is 0 Å². The van der Waals surface area contributed by atoms with E-state index >= 15 is 0 Å². The second kappa shape index (κ2) is 12.8. The summed E-state index contributed by atoms with van der Waals surface area (Å²) in [4.78, 5) is 5.15. The normalized spacial score (nSPS) is 17.7. The van der Waals surface area contributed by atoms with Gasteiger partial charge in [0.05, 0.1) is 0 Å². The van der Waals surface area contributed by atoms with Crippen molar-refractivity contribution in [3.05, 3.63) is 12.4 Å². The van der Waals surface area contributed by atoms with E-state index in [1.165, 1.54) is 90.1 Å². The minimum Gasteiger partial charge on any atom is -0.356 e. The fourth-order valence-corrected chi connectivity index (χ4v) is 3.40. The fraction of sp³-hybridized carbons (Fsp3) is 0.900. The molecule has 1 heterocycles. The largest absolute Gasteiger partial charge is 0.356 e. The zero-order chi connectivity index (χ0) is 16.0. The standard InChI is InChI=1S/C20H40N2/c1-4-7-9-10-11-12-13-14-15-20-21(16-6-3)18-19-22(20)17-8-5-2/h18-20H,4-17H2,1-3H3. The van der Waals surface area contributed by atoms with Crippen LogP contribution in [0.1, 0.15) is 97.8 Å². The Morgan fingerprint density at radius 3 is 1.73 bits per heavy atom. The van der Waals surface area contributed by atoms with Gasteiger partial charge in [-0.2, -0.15) is 0 Å². The van der Waals surface area contributed by atoms with E-state index in [-0.39, 0.29) is 0 Å². The fourth-order valence-electron chi connectivity index (χ4n) is 3.40. The number of rotatable bonds is 14. The molecule has 1 unspecified atom stereocenters. The van der Waals surface area contributed by atoms with Crippen molar-refractivity contribution in [2.75, 3.05) is 13.1 Å². The molecule has 0 fully saturated rings. The van der Waals surface area contributed by atoms with E-state index in [4.69, 9.17) is 0 Å². The zero-order valence-electron chi connectivity index (χ0n) is 15.5. The predicted molar refractivity (Wildman–Crippen MR) is 98.8 cm³/mol. The zero-order valence-corrected chi connectivity index (χ0v) is 15.5. The first-order valence-electron chi connectivity index (χ1n) is 10.0. The Morgan fingerprint density at radius 2 is 1.14 bits per heavy atom. The first-order chi connectivity index (χ1) is 10.8. The van der Waals surface area contributed by atoms with Crippen molar-refractivity contribution in [2.24, 2.45) is 0 Å². The van der Waals surface area contributed by atoms with E-state index in [1.54, 1.807) is 0 Å². The third kappa shape index (κ3) is 7.56. The number of hydrogen-bond donors (Lipinski definition) is 0. The van der Waals surface area contributed by atoms with Crippen LogP contribution in [0.2, 0.25) is 0 Å². The molecule has 0 aliphatic carbocycles. The molecule has 0 amide bonds. The van der Waals surface area contributed by atoms with Gasteiger partial charge in [0, 0.05) is 25.5 Å². The number of hydrogen-bond acceptors (Lipinski definition) is 2. The van der Waals surface area contributed by atoms with Crippen molar-refractivity contribution in [2.45, 2.75) is 104 Å². The summed E-state index contributed by atoms with van der Waals surface area (Å²) in [6.45, 7) is 9.31. The third-order valence-corrected chi connectivity index (χ3v) is 4.78. The van der Waals surface area contributed by atoms with E-state index in [9.17, 15) is 0 Å². The number of nitrogens with zero attached hydrogens (tertiary/aromatic N) is 2. The molecular weight excluding hydrogens is 268 g/mol. The quantitative estimate of drug-likeness (QED) is 0.355. The molecule has 0 N–H and O–H groups in total. The topological polar surface area (TPSA) is 6.48 Å². The van der Waals surface area contributed by atoms with Crippen LogP contribution in [-0.4, -0.2) is 29.1 Å². The van der Waals surface area contributed by atoms with Crippen molar-refractivity contribution in [3.8, 4) is 0 Å². The lowest BCUT2D eigenvalue weighted by Gasteiger charge is -2.33. The molecule has 130 valence electrons. The third-order valence-electron chi connectivity index (χ3n) is 4.78. The first-order valence-corrected chi connectivity index (χ1v) is 10.0. The Hall–Kier alpha value is -0.660. The molecule has 2 nitrogen and oxygen atoms in total. The second-order valence-corrected chi connectivity index (χ2v) is 6.87. The molecule has 0 saturated heterocycles. The maximum atomic E-state index is 2.58. The van der Waals surface area contributed by atoms with Crippen LogP contribution >= 0.6 is 0 Å². The van der Waals surface area contributed by atoms with Gasteiger partial charge in [0.2, 0.25) is 0 Å². The monoisotopic (exact) mass is 308 g/mol. The van der Waals surface area contributed by atoms with E-state index in [2.05, 4.69) is 43.0 Å². The van der Waals surface area contributed by atoms with E-state index in [1.807, 2.05) is 0 Å². The predicted octanol–water partition coefficient (Wildman–Crippen LogP) is 6.14. The van der Waals surface area contributed by atoms with Crippen LogP contribution < -0.4 is 0 Å². The van der Waals surface area contributed by atoms with Crippen LogP contribution in [0, 0.1) is 0 Å². The molecule has 0 bridgehead atoms. The second-order valence-electron chi connectivity index (χ2n) is 6.87. The van der Waals surface area contributed by atoms with Gasteiger partial charge < -0.3 is 9.80 Å². The lowest BCUT2D eigenvalue weighted by molar-refractivity contribution is 0.138. The van der Waals surface area contributed by atoms with Crippen LogP contribution in [0.15, 0.2) is 12.4 Å². The smallest absolute Gasteiger partial charge is 0.101 e. The number of unbranched alkanes of at least 4 members (excludes halogenated alkanes) is 8. The highest BCUT2D eigenvalue weighted by molar-refractivity contribution is 4.96. The minimum atomic E-state index is 0.645. The summed E-state index contributed by atoms with van der Waals surface area (Å²) in [5.41, 5.74) is 0. The SMILES string of the molecule is CCCCCCCCCCC1N(CCC)C=CN1CCCC. The maximum Gasteiger partial charge on any atom is 0.101 e. The van der Waals surface area contributed by atoms with E-state index < -0.39 is 0 Å². The summed E-state index contributed by atoms with van der Waals surface area (Å²) >= 11 is 0. The average Bonchev–Trinajstić information content (AvgIpc) is 2.90. The first kappa shape index (κ1) is 19.4. The Kier molecular flexibility index (Phi) is 11.3. The van der Waals surface area contributed by atoms with Gasteiger partial charge in [0.15, 0.2) is 0 Å². The van der Waals surface area contributed by atoms with E-state index in [0.717, 1.165) is 0 Å². The summed E-state index contributed by atoms with van der Waals surface area (Å²) < 4.78 is 0. The summed E-state index contributed by atoms with van der Waals surface area (Å²) in [6, 6.07) is 0. The van der Waals surface area contributed by atoms with Crippen molar-refractivity contribution >= 4 is 0 Å². The molecule has 1 aliphatic rings. The molecule has 0 saturated carbocycles. The van der Waals surface area contributed by atoms with Gasteiger partial charge in [-0.05, 0) is 25.7 Å². The molecule has 0 aromatic carbocycles. The van der Waals surface area contributed by atoms with Crippen molar-refractivity contribution in [1.82, 2.24) is 9.80 Å². The Balaban J connectivity index is 2.18. The molecule has 1 aliphatic heterocycles. The summed E-state index contributed by atoms with van der Waals surface area (Å²) in [7, 11) is 0. The van der Waals surface area contributed by atoms with Gasteiger partial charge in [-0.15, -0.1) is 0 Å². The van der Waals surface area contributed by atoms with Crippen LogP contribution in [0.3, 0.4) is 0 Å². The van der Waals surface area contributed by atoms with Gasteiger partial charge in [-0.25, -0.2) is 0 Å². The summed E-state index contributed by atoms with van der Waals surface area (Å²) in [5, 5.41) is 0. The molecule has 2 heteroatoms. The van der Waals surface area contributed by atoms with Gasteiger partial charge in [-0.3, -0.25) is 0 Å². The highest BCUT2D eigenvalue weighted by atomic mass is 15.4. The molecule has 0 spiro atoms. The Labute approximate surface area is 139 Å². The van der Waals surface area contributed by atoms with E-state index in [0.29, 0.717) is 6.17 Å². The average molecular weight is 309 g/mol. The molecule has 1 atom stereocenters. The van der Waals surface area contributed by atoms with Crippen molar-refractivity contribution in [3.63, 3.8) is 0 Å². The van der Waals surface area contributed by atoms with Crippen LogP contribution in [0.25, 0.3) is 0 Å². The van der Waals surface area contributed by atoms with Gasteiger partial charge >= 0.3 is 0 Å². The van der Waals surface area contributed by atoms with Crippen LogP contribution in [-0.2, 0) is 0 Å². The Bertz CT molecular complexity index is 275. The highest BCUT2D eigenvalue weighted by Crippen LogP contribution is 2.22. The van der Waals surface area contributed by atoms with Gasteiger partial charge in [-0.1, -0.05) is 72.1 Å². The summed E-state index contributed by atoms with van der Waals surface area (Å²) in [5.74, 6) is 0. The maximum absolute atomic E-state index is 2.58. The van der Waals surface area contributed by atoms with Gasteiger partial charge in [0.25, 0.3) is 0 Å². The van der Waals surface area contributed by atoms with Gasteiger partial charge in [0.1, 0.15) is 6.17 Å². The molecule has 0 radical (unpaired) electrons. The lowest BCUT2D eigenvalue weighted by Crippen LogP contribution is -2.39. The molecule has 0 aromatic heterocycles. The Morgan fingerprint density at radius 1 is 0.591 bits per heavy atom. The molecular formula is C20H40N2. The molecule has 0 aromatic rings. The van der Waals surface area contributed by atoms with Crippen molar-refractivity contribution < 1.29 is 0 Å². The van der Waals surface area contributed by atoms with Crippen molar-refractivity contribution in [1.29, 1.82) is 0 Å². The highest BCUT2D eigenvalue weighted by Gasteiger charge is 2.24. The van der Waals surface area contributed by atoms with Crippen LogP contribution in [0.4, 0.5) is 0 Å². The molecule has 1 rings (SSSR count). The minimum absolute atomic E-state index is 0.645. The summed E-state index contributed by atoms with van der Waals surface area (Å²) in [6.07, 6.45) is 21.9. The lowest BCUT2D eigenvalue weighted by atomic mass is 10.1. The molecule has 22 heavy (non-hydrogen) atoms.